The van der Waals surface area contributed by atoms with E-state index in [0.717, 1.165) is 0 Å². The minimum absolute atomic E-state index is 0.00316. The van der Waals surface area contributed by atoms with Gasteiger partial charge in [0.15, 0.2) is 17.7 Å². The van der Waals surface area contributed by atoms with Crippen LogP contribution in [-0.2, 0) is 6.54 Å². The predicted molar refractivity (Wildman–Crippen MR) is 115 cm³/mol. The third kappa shape index (κ3) is 3.99. The van der Waals surface area contributed by atoms with Crippen molar-refractivity contribution in [3.8, 4) is 17.0 Å². The van der Waals surface area contributed by atoms with Crippen molar-refractivity contribution in [2.45, 2.75) is 19.0 Å². The van der Waals surface area contributed by atoms with Crippen LogP contribution in [0.15, 0.2) is 42.9 Å². The lowest BCUT2D eigenvalue weighted by molar-refractivity contribution is 0.157. The van der Waals surface area contributed by atoms with Crippen LogP contribution < -0.4 is 21.5 Å². The fourth-order valence-electron chi connectivity index (χ4n) is 3.36. The molecule has 7 N–H and O–H groups in total. The molecule has 4 rings (SSSR count). The van der Waals surface area contributed by atoms with Gasteiger partial charge >= 0.3 is 0 Å². The summed E-state index contributed by atoms with van der Waals surface area (Å²) in [5, 5.41) is 32.6. The number of benzene rings is 1. The summed E-state index contributed by atoms with van der Waals surface area (Å²) in [4.78, 5) is 4.24. The van der Waals surface area contributed by atoms with E-state index >= 15 is 0 Å². The van der Waals surface area contributed by atoms with Gasteiger partial charge in [-0.05, 0) is 24.3 Å². The lowest BCUT2D eigenvalue weighted by Gasteiger charge is -2.17. The average Bonchev–Trinajstić information content (AvgIpc) is 3.26. The van der Waals surface area contributed by atoms with Crippen LogP contribution in [-0.4, -0.2) is 47.9 Å². The first-order valence-electron chi connectivity index (χ1n) is 9.25. The van der Waals surface area contributed by atoms with Crippen LogP contribution in [0.3, 0.4) is 0 Å². The standard InChI is InChI=1S/C19H21ClN8O3/c1-31-13-4-3-10(20)7-11(13)16-12(8-24-28(16)9-14(21)29)25-19(30)15-17(22)26-27-6-2-5-23-18(15)27/h2-8,14,19,25,29-30H,9,21H2,1H3,(H2,22,26). The number of methoxy groups -OCH3 is 1. The lowest BCUT2D eigenvalue weighted by atomic mass is 10.1. The second kappa shape index (κ2) is 8.40. The van der Waals surface area contributed by atoms with Gasteiger partial charge in [-0.15, -0.1) is 5.10 Å². The highest BCUT2D eigenvalue weighted by atomic mass is 35.5. The Kier molecular flexibility index (Phi) is 5.65. The van der Waals surface area contributed by atoms with Crippen LogP contribution in [0.1, 0.15) is 11.8 Å². The summed E-state index contributed by atoms with van der Waals surface area (Å²) in [6, 6.07) is 6.80. The Morgan fingerprint density at radius 2 is 2.13 bits per heavy atom. The zero-order valence-corrected chi connectivity index (χ0v) is 17.2. The van der Waals surface area contributed by atoms with Gasteiger partial charge < -0.3 is 31.7 Å². The van der Waals surface area contributed by atoms with Crippen molar-refractivity contribution in [2.24, 2.45) is 5.73 Å². The number of aliphatic hydroxyl groups is 2. The van der Waals surface area contributed by atoms with Crippen molar-refractivity contribution in [2.75, 3.05) is 18.2 Å². The monoisotopic (exact) mass is 444 g/mol. The summed E-state index contributed by atoms with van der Waals surface area (Å²) in [5.41, 5.74) is 13.8. The maximum atomic E-state index is 10.9. The number of ether oxygens (including phenoxy) is 1. The lowest BCUT2D eigenvalue weighted by Crippen LogP contribution is -2.26. The number of aliphatic hydroxyl groups excluding tert-OH is 2. The van der Waals surface area contributed by atoms with E-state index in [-0.39, 0.29) is 12.4 Å². The largest absolute Gasteiger partial charge is 0.496 e. The van der Waals surface area contributed by atoms with Crippen molar-refractivity contribution in [1.29, 1.82) is 0 Å². The molecule has 162 valence electrons. The molecule has 0 aliphatic rings. The van der Waals surface area contributed by atoms with Crippen molar-refractivity contribution < 1.29 is 14.9 Å². The zero-order chi connectivity index (χ0) is 22.1. The van der Waals surface area contributed by atoms with Crippen LogP contribution in [0, 0.1) is 0 Å². The maximum absolute atomic E-state index is 10.9. The van der Waals surface area contributed by atoms with Crippen molar-refractivity contribution in [3.05, 3.63) is 53.4 Å². The first-order valence-corrected chi connectivity index (χ1v) is 9.63. The Morgan fingerprint density at radius 1 is 1.32 bits per heavy atom. The highest BCUT2D eigenvalue weighted by Gasteiger charge is 2.24. The normalized spacial score (nSPS) is 13.3. The first-order chi connectivity index (χ1) is 14.9. The molecular weight excluding hydrogens is 424 g/mol. The fourth-order valence-corrected chi connectivity index (χ4v) is 3.53. The first kappa shape index (κ1) is 20.9. The predicted octanol–water partition coefficient (Wildman–Crippen LogP) is 1.22. The van der Waals surface area contributed by atoms with E-state index < -0.39 is 12.5 Å². The van der Waals surface area contributed by atoms with E-state index in [2.05, 4.69) is 20.5 Å². The average molecular weight is 445 g/mol. The van der Waals surface area contributed by atoms with E-state index in [1.807, 2.05) is 0 Å². The van der Waals surface area contributed by atoms with Gasteiger partial charge in [-0.25, -0.2) is 9.50 Å². The quantitative estimate of drug-likeness (QED) is 0.264. The summed E-state index contributed by atoms with van der Waals surface area (Å²) < 4.78 is 8.43. The van der Waals surface area contributed by atoms with Crippen LogP contribution in [0.25, 0.3) is 16.9 Å². The van der Waals surface area contributed by atoms with Gasteiger partial charge in [-0.2, -0.15) is 5.10 Å². The molecule has 0 saturated heterocycles. The Morgan fingerprint density at radius 3 is 2.87 bits per heavy atom. The van der Waals surface area contributed by atoms with Gasteiger partial charge in [0.1, 0.15) is 12.0 Å². The molecule has 1 aromatic carbocycles. The van der Waals surface area contributed by atoms with Crippen LogP contribution in [0.2, 0.25) is 5.02 Å². The number of fused-ring (bicyclic) bond motifs is 1. The molecular formula is C19H21ClN8O3. The third-order valence-electron chi connectivity index (χ3n) is 4.64. The second-order valence-electron chi connectivity index (χ2n) is 6.73. The fraction of sp³-hybridized carbons (Fsp3) is 0.211. The van der Waals surface area contributed by atoms with Crippen molar-refractivity contribution in [1.82, 2.24) is 24.4 Å². The number of anilines is 2. The number of nitrogen functional groups attached to an aromatic ring is 1. The number of hydrogen-bond acceptors (Lipinski definition) is 9. The zero-order valence-electron chi connectivity index (χ0n) is 16.5. The molecule has 0 bridgehead atoms. The van der Waals surface area contributed by atoms with Gasteiger partial charge in [0.25, 0.3) is 0 Å². The molecule has 11 nitrogen and oxygen atoms in total. The Balaban J connectivity index is 1.80. The van der Waals surface area contributed by atoms with Crippen LogP contribution in [0.5, 0.6) is 5.75 Å². The van der Waals surface area contributed by atoms with Crippen molar-refractivity contribution >= 4 is 28.8 Å². The molecule has 0 amide bonds. The minimum atomic E-state index is -1.25. The van der Waals surface area contributed by atoms with Gasteiger partial charge in [0.05, 0.1) is 36.8 Å². The molecule has 31 heavy (non-hydrogen) atoms. The molecule has 0 aliphatic carbocycles. The summed E-state index contributed by atoms with van der Waals surface area (Å²) in [6.45, 7) is 0.00316. The number of aromatic nitrogens is 5. The van der Waals surface area contributed by atoms with Crippen molar-refractivity contribution in [3.63, 3.8) is 0 Å². The number of nitrogens with two attached hydrogens (primary N) is 2. The number of nitrogens with zero attached hydrogens (tertiary/aromatic N) is 5. The maximum Gasteiger partial charge on any atom is 0.164 e. The molecule has 0 radical (unpaired) electrons. The molecule has 0 spiro atoms. The summed E-state index contributed by atoms with van der Waals surface area (Å²) >= 11 is 6.21. The Hall–Kier alpha value is -3.38. The number of rotatable bonds is 7. The smallest absolute Gasteiger partial charge is 0.164 e. The number of hydrogen-bond donors (Lipinski definition) is 5. The molecule has 4 aromatic rings. The van der Waals surface area contributed by atoms with Crippen LogP contribution in [0.4, 0.5) is 11.5 Å². The third-order valence-corrected chi connectivity index (χ3v) is 4.88. The summed E-state index contributed by atoms with van der Waals surface area (Å²) in [5.74, 6) is 0.651. The van der Waals surface area contributed by atoms with E-state index in [0.29, 0.717) is 38.9 Å². The Labute approximate surface area is 181 Å². The van der Waals surface area contributed by atoms with Crippen LogP contribution >= 0.6 is 11.6 Å². The van der Waals surface area contributed by atoms with E-state index in [4.69, 9.17) is 27.8 Å². The molecule has 2 unspecified atom stereocenters. The molecule has 12 heteroatoms. The van der Waals surface area contributed by atoms with Gasteiger partial charge in [-0.1, -0.05) is 11.6 Å². The molecule has 0 fully saturated rings. The number of nitrogens with one attached hydrogen (secondary N) is 1. The molecule has 3 heterocycles. The van der Waals surface area contributed by atoms with E-state index in [1.165, 1.54) is 22.5 Å². The highest BCUT2D eigenvalue weighted by Crippen LogP contribution is 2.38. The highest BCUT2D eigenvalue weighted by molar-refractivity contribution is 6.31. The topological polar surface area (TPSA) is 162 Å². The second-order valence-corrected chi connectivity index (χ2v) is 7.17. The molecule has 3 aromatic heterocycles. The van der Waals surface area contributed by atoms with Gasteiger partial charge in [0.2, 0.25) is 0 Å². The molecule has 2 atom stereocenters. The summed E-state index contributed by atoms with van der Waals surface area (Å²) in [6.07, 6.45) is 2.35. The SMILES string of the molecule is COc1ccc(Cl)cc1-c1c(NC(O)c2c(N)nn3cccnc23)cnn1CC(N)O. The van der Waals surface area contributed by atoms with E-state index in [9.17, 15) is 10.2 Å². The molecule has 0 saturated carbocycles. The van der Waals surface area contributed by atoms with Gasteiger partial charge in [0, 0.05) is 23.0 Å². The van der Waals surface area contributed by atoms with E-state index in [1.54, 1.807) is 36.7 Å². The molecule has 0 aliphatic heterocycles. The summed E-state index contributed by atoms with van der Waals surface area (Å²) in [7, 11) is 1.53. The minimum Gasteiger partial charge on any atom is -0.496 e. The van der Waals surface area contributed by atoms with Gasteiger partial charge in [-0.3, -0.25) is 4.68 Å². The number of halogens is 1. The Bertz CT molecular complexity index is 1220.